The molecule has 5 rings (SSSR count). The smallest absolute Gasteiger partial charge is 0.212 e. The molecule has 0 saturated carbocycles. The van der Waals surface area contributed by atoms with Gasteiger partial charge in [-0.05, 0) is 29.2 Å². The van der Waals surface area contributed by atoms with Gasteiger partial charge in [-0.2, -0.15) is 0 Å². The van der Waals surface area contributed by atoms with Crippen LogP contribution in [0.4, 0.5) is 0 Å². The fourth-order valence-electron chi connectivity index (χ4n) is 3.96. The number of benzene rings is 3. The van der Waals surface area contributed by atoms with E-state index in [0.717, 1.165) is 0 Å². The molecule has 0 saturated heterocycles. The largest absolute Gasteiger partial charge is 0.344 e. The molecule has 2 heterocycles. The maximum atomic E-state index is 2.32. The molecule has 0 amide bonds. The van der Waals surface area contributed by atoms with Crippen LogP contribution in [-0.2, 0) is 14.1 Å². The standard InChI is InChI=1S/C23H19N2/c1-24-14-13-17(18-9-3-4-11-20(18)24)15-22-19-10-5-7-16-8-6-12-21(23(16)19)25(22)2/h3-15H,1-2H3/q+1. The molecule has 0 atom stereocenters. The normalized spacial score (nSPS) is 12.6. The Kier molecular flexibility index (Phi) is 2.95. The van der Waals surface area contributed by atoms with Crippen molar-refractivity contribution in [2.45, 2.75) is 0 Å². The van der Waals surface area contributed by atoms with Crippen molar-refractivity contribution >= 4 is 38.7 Å². The van der Waals surface area contributed by atoms with Gasteiger partial charge in [0.2, 0.25) is 5.52 Å². The monoisotopic (exact) mass is 323 g/mol. The lowest BCUT2D eigenvalue weighted by molar-refractivity contribution is -0.644. The van der Waals surface area contributed by atoms with Crippen LogP contribution in [0, 0.1) is 0 Å². The van der Waals surface area contributed by atoms with E-state index in [9.17, 15) is 0 Å². The number of hydrogen-bond acceptors (Lipinski definition) is 0. The molecule has 2 heteroatoms. The summed E-state index contributed by atoms with van der Waals surface area (Å²) in [5, 5.41) is 6.49. The van der Waals surface area contributed by atoms with Crippen molar-refractivity contribution < 1.29 is 4.57 Å². The molecule has 3 aromatic carbocycles. The van der Waals surface area contributed by atoms with Crippen LogP contribution in [0.1, 0.15) is 5.56 Å². The van der Waals surface area contributed by atoms with Gasteiger partial charge in [0.15, 0.2) is 6.20 Å². The summed E-state index contributed by atoms with van der Waals surface area (Å²) < 4.78 is 4.48. The zero-order valence-electron chi connectivity index (χ0n) is 14.4. The number of hydrogen-bond donors (Lipinski definition) is 0. The number of aromatic nitrogens is 2. The predicted molar refractivity (Wildman–Crippen MR) is 104 cm³/mol. The number of fused-ring (bicyclic) bond motifs is 1. The minimum Gasteiger partial charge on any atom is -0.344 e. The van der Waals surface area contributed by atoms with Crippen molar-refractivity contribution in [2.24, 2.45) is 14.1 Å². The molecule has 120 valence electrons. The third-order valence-corrected chi connectivity index (χ3v) is 5.25. The molecule has 0 aliphatic heterocycles. The van der Waals surface area contributed by atoms with E-state index in [0.29, 0.717) is 0 Å². The fraction of sp³-hybridized carbons (Fsp3) is 0.0870. The van der Waals surface area contributed by atoms with Crippen LogP contribution in [0.15, 0.2) is 72.9 Å². The highest BCUT2D eigenvalue weighted by molar-refractivity contribution is 6.10. The summed E-state index contributed by atoms with van der Waals surface area (Å²) in [5.41, 5.74) is 3.78. The molecule has 25 heavy (non-hydrogen) atoms. The SMILES string of the molecule is Cn1/c(=C\c2cc[n+](C)c3ccccc23)c2cccc3cccc1c32. The Hall–Kier alpha value is -3.13. The van der Waals surface area contributed by atoms with Crippen molar-refractivity contribution in [2.75, 3.05) is 0 Å². The molecule has 0 aliphatic carbocycles. The van der Waals surface area contributed by atoms with Crippen molar-refractivity contribution in [1.82, 2.24) is 4.57 Å². The van der Waals surface area contributed by atoms with Gasteiger partial charge in [-0.3, -0.25) is 0 Å². The van der Waals surface area contributed by atoms with Gasteiger partial charge in [0, 0.05) is 40.8 Å². The van der Waals surface area contributed by atoms with E-state index in [1.54, 1.807) is 0 Å². The molecular formula is C23H19N2+. The first-order valence-corrected chi connectivity index (χ1v) is 8.59. The second-order valence-corrected chi connectivity index (χ2v) is 6.67. The van der Waals surface area contributed by atoms with Gasteiger partial charge in [0.1, 0.15) is 7.05 Å². The lowest BCUT2D eigenvalue weighted by atomic mass is 10.1. The van der Waals surface area contributed by atoms with Crippen LogP contribution in [-0.4, -0.2) is 4.57 Å². The summed E-state index contributed by atoms with van der Waals surface area (Å²) in [5.74, 6) is 0. The molecule has 2 aromatic heterocycles. The number of aryl methyl sites for hydroxylation is 2. The highest BCUT2D eigenvalue weighted by Gasteiger charge is 2.11. The predicted octanol–water partition coefficient (Wildman–Crippen LogP) is 3.86. The zero-order valence-corrected chi connectivity index (χ0v) is 14.4. The minimum absolute atomic E-state index is 1.24. The first-order chi connectivity index (χ1) is 12.2. The Morgan fingerprint density at radius 3 is 2.48 bits per heavy atom. The Balaban J connectivity index is 1.93. The van der Waals surface area contributed by atoms with Crippen LogP contribution in [0.2, 0.25) is 0 Å². The van der Waals surface area contributed by atoms with E-state index >= 15 is 0 Å². The Bertz CT molecular complexity index is 1300. The third kappa shape index (κ3) is 2.01. The molecule has 0 fully saturated rings. The minimum atomic E-state index is 1.24. The lowest BCUT2D eigenvalue weighted by Gasteiger charge is -2.01. The molecule has 0 unspecified atom stereocenters. The van der Waals surface area contributed by atoms with Crippen LogP contribution in [0.25, 0.3) is 38.7 Å². The first-order valence-electron chi connectivity index (χ1n) is 8.59. The third-order valence-electron chi connectivity index (χ3n) is 5.25. The molecule has 0 N–H and O–H groups in total. The summed E-state index contributed by atoms with van der Waals surface area (Å²) in [7, 11) is 4.25. The Morgan fingerprint density at radius 1 is 0.840 bits per heavy atom. The van der Waals surface area contributed by atoms with E-state index in [2.05, 4.69) is 102 Å². The maximum absolute atomic E-state index is 2.32. The number of nitrogens with zero attached hydrogens (tertiary/aromatic N) is 2. The highest BCUT2D eigenvalue weighted by Crippen LogP contribution is 2.25. The lowest BCUT2D eigenvalue weighted by Crippen LogP contribution is -2.28. The van der Waals surface area contributed by atoms with E-state index in [1.165, 1.54) is 43.5 Å². The highest BCUT2D eigenvalue weighted by atomic mass is 14.9. The van der Waals surface area contributed by atoms with Crippen molar-refractivity contribution in [3.63, 3.8) is 0 Å². The van der Waals surface area contributed by atoms with Gasteiger partial charge in [0.25, 0.3) is 0 Å². The van der Waals surface area contributed by atoms with E-state index in [-0.39, 0.29) is 0 Å². The van der Waals surface area contributed by atoms with Crippen molar-refractivity contribution in [3.8, 4) is 0 Å². The van der Waals surface area contributed by atoms with Crippen molar-refractivity contribution in [3.05, 3.63) is 83.8 Å². The zero-order chi connectivity index (χ0) is 17.0. The second-order valence-electron chi connectivity index (χ2n) is 6.67. The molecule has 2 nitrogen and oxygen atoms in total. The summed E-state index contributed by atoms with van der Waals surface area (Å²) >= 11 is 0. The number of para-hydroxylation sites is 1. The summed E-state index contributed by atoms with van der Waals surface area (Å²) in [4.78, 5) is 0. The fourth-order valence-corrected chi connectivity index (χ4v) is 3.96. The average molecular weight is 323 g/mol. The van der Waals surface area contributed by atoms with E-state index < -0.39 is 0 Å². The van der Waals surface area contributed by atoms with Crippen LogP contribution < -0.4 is 9.92 Å². The van der Waals surface area contributed by atoms with Gasteiger partial charge < -0.3 is 4.57 Å². The maximum Gasteiger partial charge on any atom is 0.212 e. The topological polar surface area (TPSA) is 8.81 Å². The summed E-state index contributed by atoms with van der Waals surface area (Å²) in [6.07, 6.45) is 4.45. The Labute approximate surface area is 146 Å². The molecule has 5 aromatic rings. The molecule has 0 bridgehead atoms. The first kappa shape index (κ1) is 14.2. The van der Waals surface area contributed by atoms with Gasteiger partial charge in [-0.15, -0.1) is 0 Å². The van der Waals surface area contributed by atoms with Crippen LogP contribution in [0.3, 0.4) is 0 Å². The molecule has 0 radical (unpaired) electrons. The van der Waals surface area contributed by atoms with E-state index in [1.807, 2.05) is 0 Å². The van der Waals surface area contributed by atoms with Gasteiger partial charge in [-0.25, -0.2) is 4.57 Å². The molecule has 0 spiro atoms. The summed E-state index contributed by atoms with van der Waals surface area (Å²) in [6.45, 7) is 0. The van der Waals surface area contributed by atoms with Crippen LogP contribution >= 0.6 is 0 Å². The van der Waals surface area contributed by atoms with Crippen LogP contribution in [0.5, 0.6) is 0 Å². The van der Waals surface area contributed by atoms with E-state index in [4.69, 9.17) is 0 Å². The number of rotatable bonds is 1. The van der Waals surface area contributed by atoms with Gasteiger partial charge >= 0.3 is 0 Å². The van der Waals surface area contributed by atoms with Gasteiger partial charge in [-0.1, -0.05) is 42.5 Å². The summed E-state index contributed by atoms with van der Waals surface area (Å²) in [6, 6.07) is 23.9. The van der Waals surface area contributed by atoms with Crippen molar-refractivity contribution in [1.29, 1.82) is 0 Å². The van der Waals surface area contributed by atoms with Gasteiger partial charge in [0.05, 0.1) is 5.39 Å². The quantitative estimate of drug-likeness (QED) is 0.414. The molecular weight excluding hydrogens is 304 g/mol. The average Bonchev–Trinajstić information content (AvgIpc) is 2.92. The molecule has 0 aliphatic rings. The number of pyridine rings is 1. The Morgan fingerprint density at radius 2 is 1.60 bits per heavy atom. The second kappa shape index (κ2) is 5.18.